The summed E-state index contributed by atoms with van der Waals surface area (Å²) in [5.41, 5.74) is 7.57. The van der Waals surface area contributed by atoms with E-state index in [1.54, 1.807) is 0 Å². The van der Waals surface area contributed by atoms with Crippen molar-refractivity contribution in [2.24, 2.45) is 0 Å². The molecule has 0 saturated heterocycles. The highest BCUT2D eigenvalue weighted by molar-refractivity contribution is 5.87. The Morgan fingerprint density at radius 2 is 2.07 bits per heavy atom. The molecular weight excluding hydrogens is 176 g/mol. The number of aromatic nitrogens is 1. The molecule has 0 aliphatic heterocycles. The highest BCUT2D eigenvalue weighted by Gasteiger charge is 2.03. The van der Waals surface area contributed by atoms with Gasteiger partial charge in [-0.25, -0.2) is 0 Å². The lowest BCUT2D eigenvalue weighted by molar-refractivity contribution is 0.460. The van der Waals surface area contributed by atoms with E-state index in [1.807, 2.05) is 32.0 Å². The monoisotopic (exact) mass is 192 g/mol. The molecule has 2 N–H and O–H groups in total. The first-order chi connectivity index (χ1) is 6.81. The summed E-state index contributed by atoms with van der Waals surface area (Å²) < 4.78 is 5.02. The molecule has 14 heavy (non-hydrogen) atoms. The molecule has 1 heterocycles. The van der Waals surface area contributed by atoms with Gasteiger partial charge in [-0.2, -0.15) is 0 Å². The van der Waals surface area contributed by atoms with E-state index < -0.39 is 0 Å². The van der Waals surface area contributed by atoms with Crippen molar-refractivity contribution in [2.75, 3.05) is 5.73 Å². The van der Waals surface area contributed by atoms with Crippen LogP contribution >= 0.6 is 0 Å². The molecule has 0 atom stereocenters. The number of hydrogen-bond donors (Lipinski definition) is 1. The van der Waals surface area contributed by atoms with Gasteiger partial charge in [-0.3, -0.25) is 0 Å². The molecule has 3 heteroatoms. The third-order valence-corrected chi connectivity index (χ3v) is 1.97. The molecule has 0 spiro atoms. The smallest absolute Gasteiger partial charge is 0.174 e. The normalized spacial score (nSPS) is 9.64. The molecule has 3 nitrogen and oxygen atoms in total. The first-order valence-electron chi connectivity index (χ1n) is 4.95. The summed E-state index contributed by atoms with van der Waals surface area (Å²) in [6.07, 6.45) is 0.997. The number of rotatable bonds is 1. The number of hydrogen-bond acceptors (Lipinski definition) is 3. The van der Waals surface area contributed by atoms with E-state index in [4.69, 9.17) is 10.3 Å². The first-order valence-corrected chi connectivity index (χ1v) is 4.95. The molecule has 2 aromatic rings. The Hall–Kier alpha value is -1.51. The van der Waals surface area contributed by atoms with Crippen molar-refractivity contribution in [3.63, 3.8) is 0 Å². The molecule has 2 rings (SSSR count). The Kier molecular flexibility index (Phi) is 3.51. The quantitative estimate of drug-likeness (QED) is 0.755. The van der Waals surface area contributed by atoms with E-state index in [9.17, 15) is 0 Å². The van der Waals surface area contributed by atoms with Gasteiger partial charge in [0.15, 0.2) is 11.4 Å². The van der Waals surface area contributed by atoms with Crippen molar-refractivity contribution in [3.05, 3.63) is 23.8 Å². The molecule has 0 radical (unpaired) electrons. The van der Waals surface area contributed by atoms with Gasteiger partial charge in [0.2, 0.25) is 0 Å². The van der Waals surface area contributed by atoms with Crippen LogP contribution in [0.5, 0.6) is 0 Å². The number of benzene rings is 1. The van der Waals surface area contributed by atoms with Gasteiger partial charge in [0.05, 0.1) is 5.39 Å². The molecular formula is C11H16N2O. The summed E-state index contributed by atoms with van der Waals surface area (Å²) in [5.74, 6) is 0.465. The van der Waals surface area contributed by atoms with Gasteiger partial charge >= 0.3 is 0 Å². The molecule has 1 aromatic carbocycles. The number of anilines is 1. The highest BCUT2D eigenvalue weighted by atomic mass is 16.5. The molecule has 0 aliphatic carbocycles. The largest absolute Gasteiger partial charge is 0.380 e. The van der Waals surface area contributed by atoms with E-state index in [0.29, 0.717) is 5.82 Å². The lowest BCUT2D eigenvalue weighted by atomic mass is 10.1. The lowest BCUT2D eigenvalue weighted by Gasteiger charge is -1.93. The minimum Gasteiger partial charge on any atom is -0.380 e. The Morgan fingerprint density at radius 3 is 2.71 bits per heavy atom. The van der Waals surface area contributed by atoms with Crippen LogP contribution in [0.4, 0.5) is 5.82 Å². The van der Waals surface area contributed by atoms with E-state index in [-0.39, 0.29) is 0 Å². The van der Waals surface area contributed by atoms with Crippen LogP contribution in [0.25, 0.3) is 11.0 Å². The van der Waals surface area contributed by atoms with Crippen LogP contribution in [0.2, 0.25) is 0 Å². The zero-order valence-corrected chi connectivity index (χ0v) is 8.87. The first kappa shape index (κ1) is 10.6. The maximum atomic E-state index is 5.56. The summed E-state index contributed by atoms with van der Waals surface area (Å²) in [7, 11) is 0. The second-order valence-corrected chi connectivity index (χ2v) is 2.75. The maximum Gasteiger partial charge on any atom is 0.174 e. The van der Waals surface area contributed by atoms with Crippen LogP contribution in [0.1, 0.15) is 26.3 Å². The van der Waals surface area contributed by atoms with Crippen molar-refractivity contribution in [1.82, 2.24) is 5.16 Å². The molecule has 0 fully saturated rings. The van der Waals surface area contributed by atoms with Crippen LogP contribution in [-0.4, -0.2) is 5.16 Å². The van der Waals surface area contributed by atoms with Crippen molar-refractivity contribution in [2.45, 2.75) is 27.2 Å². The summed E-state index contributed by atoms with van der Waals surface area (Å²) >= 11 is 0. The fraction of sp³-hybridized carbons (Fsp3) is 0.364. The molecule has 1 aromatic heterocycles. The molecule has 0 bridgehead atoms. The van der Waals surface area contributed by atoms with E-state index in [1.165, 1.54) is 5.56 Å². The van der Waals surface area contributed by atoms with Crippen LogP contribution in [0.15, 0.2) is 22.7 Å². The average molecular weight is 192 g/mol. The number of nitrogens with zero attached hydrogens (tertiary/aromatic N) is 1. The molecule has 0 saturated carbocycles. The summed E-state index contributed by atoms with van der Waals surface area (Å²) in [5, 5.41) is 4.57. The SMILES string of the molecule is CC.CCc1ccc2c(N)noc2c1. The summed E-state index contributed by atoms with van der Waals surface area (Å²) in [6, 6.07) is 5.95. The van der Waals surface area contributed by atoms with Gasteiger partial charge in [-0.1, -0.05) is 32.0 Å². The third-order valence-electron chi connectivity index (χ3n) is 1.97. The van der Waals surface area contributed by atoms with Gasteiger partial charge < -0.3 is 10.3 Å². The number of nitrogen functional groups attached to an aromatic ring is 1. The van der Waals surface area contributed by atoms with E-state index in [2.05, 4.69) is 12.1 Å². The Labute approximate surface area is 83.9 Å². The van der Waals surface area contributed by atoms with Gasteiger partial charge in [-0.05, 0) is 24.1 Å². The summed E-state index contributed by atoms with van der Waals surface area (Å²) in [4.78, 5) is 0. The number of nitrogens with two attached hydrogens (primary N) is 1. The lowest BCUT2D eigenvalue weighted by Crippen LogP contribution is -1.83. The topological polar surface area (TPSA) is 52.0 Å². The van der Waals surface area contributed by atoms with Gasteiger partial charge in [0.25, 0.3) is 0 Å². The predicted molar refractivity (Wildman–Crippen MR) is 59.1 cm³/mol. The Morgan fingerprint density at radius 1 is 1.36 bits per heavy atom. The van der Waals surface area contributed by atoms with Gasteiger partial charge in [0.1, 0.15) is 0 Å². The molecule has 0 amide bonds. The minimum absolute atomic E-state index is 0.465. The molecule has 0 unspecified atom stereocenters. The van der Waals surface area contributed by atoms with Gasteiger partial charge in [0, 0.05) is 0 Å². The van der Waals surface area contributed by atoms with Crippen LogP contribution in [0.3, 0.4) is 0 Å². The standard InChI is InChI=1S/C9H10N2O.C2H6/c1-2-6-3-4-7-8(5-6)12-11-9(7)10;1-2/h3-5H,2H2,1H3,(H2,10,11);1-2H3. The van der Waals surface area contributed by atoms with E-state index >= 15 is 0 Å². The summed E-state index contributed by atoms with van der Waals surface area (Å²) in [6.45, 7) is 6.10. The minimum atomic E-state index is 0.465. The van der Waals surface area contributed by atoms with Crippen LogP contribution in [0, 0.1) is 0 Å². The second-order valence-electron chi connectivity index (χ2n) is 2.75. The van der Waals surface area contributed by atoms with Crippen molar-refractivity contribution in [3.8, 4) is 0 Å². The Balaban J connectivity index is 0.000000461. The average Bonchev–Trinajstić information content (AvgIpc) is 2.63. The van der Waals surface area contributed by atoms with Crippen molar-refractivity contribution >= 4 is 16.8 Å². The highest BCUT2D eigenvalue weighted by Crippen LogP contribution is 2.21. The number of aryl methyl sites for hydroxylation is 1. The Bertz CT molecular complexity index is 407. The fourth-order valence-corrected chi connectivity index (χ4v) is 1.22. The zero-order valence-electron chi connectivity index (χ0n) is 8.87. The fourth-order valence-electron chi connectivity index (χ4n) is 1.22. The van der Waals surface area contributed by atoms with Crippen molar-refractivity contribution < 1.29 is 4.52 Å². The maximum absolute atomic E-state index is 5.56. The second kappa shape index (κ2) is 4.65. The van der Waals surface area contributed by atoms with Crippen LogP contribution in [-0.2, 0) is 6.42 Å². The van der Waals surface area contributed by atoms with Gasteiger partial charge in [-0.15, -0.1) is 0 Å². The number of fused-ring (bicyclic) bond motifs is 1. The molecule has 76 valence electrons. The van der Waals surface area contributed by atoms with Crippen LogP contribution < -0.4 is 5.73 Å². The van der Waals surface area contributed by atoms with E-state index in [0.717, 1.165) is 17.4 Å². The molecule has 0 aliphatic rings. The predicted octanol–water partition coefficient (Wildman–Crippen LogP) is 3.00. The zero-order chi connectivity index (χ0) is 10.6. The third kappa shape index (κ3) is 1.87. The van der Waals surface area contributed by atoms with Crippen molar-refractivity contribution in [1.29, 1.82) is 0 Å².